The van der Waals surface area contributed by atoms with Gasteiger partial charge in [0.25, 0.3) is 11.7 Å². The van der Waals surface area contributed by atoms with E-state index in [1.807, 2.05) is 0 Å². The third-order valence-corrected chi connectivity index (χ3v) is 5.08. The SMILES string of the molecule is Cc1ccc(/C(O)=C2/C(=O)C(=O)N(Cc3ccco3)C2c2ccc(F)cc2)cc1F. The number of likely N-dealkylation sites (tertiary alicyclic amines) is 1. The van der Waals surface area contributed by atoms with Gasteiger partial charge in [0.15, 0.2) is 0 Å². The molecule has 1 atom stereocenters. The van der Waals surface area contributed by atoms with E-state index < -0.39 is 35.1 Å². The van der Waals surface area contributed by atoms with Crippen molar-refractivity contribution in [1.82, 2.24) is 4.90 Å². The number of carbonyl (C=O) groups is 2. The minimum absolute atomic E-state index is 0.0291. The number of hydrogen-bond donors (Lipinski definition) is 1. The van der Waals surface area contributed by atoms with Crippen molar-refractivity contribution < 1.29 is 27.9 Å². The number of Topliss-reactive ketones (excluding diaryl/α,β-unsaturated/α-hetero) is 1. The van der Waals surface area contributed by atoms with Gasteiger partial charge in [0.1, 0.15) is 23.2 Å². The Labute approximate surface area is 170 Å². The van der Waals surface area contributed by atoms with E-state index in [9.17, 15) is 23.5 Å². The second-order valence-corrected chi connectivity index (χ2v) is 7.02. The summed E-state index contributed by atoms with van der Waals surface area (Å²) in [6.07, 6.45) is 1.44. The fourth-order valence-corrected chi connectivity index (χ4v) is 3.50. The first-order valence-electron chi connectivity index (χ1n) is 9.19. The largest absolute Gasteiger partial charge is 0.507 e. The van der Waals surface area contributed by atoms with E-state index in [0.717, 1.165) is 6.07 Å². The van der Waals surface area contributed by atoms with E-state index in [-0.39, 0.29) is 17.7 Å². The molecule has 152 valence electrons. The zero-order valence-electron chi connectivity index (χ0n) is 15.9. The lowest BCUT2D eigenvalue weighted by molar-refractivity contribution is -0.140. The summed E-state index contributed by atoms with van der Waals surface area (Å²) >= 11 is 0. The van der Waals surface area contributed by atoms with Gasteiger partial charge in [-0.1, -0.05) is 24.3 Å². The lowest BCUT2D eigenvalue weighted by atomic mass is 9.95. The molecule has 0 aliphatic carbocycles. The summed E-state index contributed by atoms with van der Waals surface area (Å²) in [6.45, 7) is 1.54. The quantitative estimate of drug-likeness (QED) is 0.392. The maximum Gasteiger partial charge on any atom is 0.296 e. The summed E-state index contributed by atoms with van der Waals surface area (Å²) in [5.74, 6) is -2.84. The van der Waals surface area contributed by atoms with Crippen LogP contribution in [0.25, 0.3) is 5.76 Å². The van der Waals surface area contributed by atoms with E-state index >= 15 is 0 Å². The molecule has 1 aromatic heterocycles. The molecule has 7 heteroatoms. The summed E-state index contributed by atoms with van der Waals surface area (Å²) in [4.78, 5) is 26.9. The summed E-state index contributed by atoms with van der Waals surface area (Å²) in [7, 11) is 0. The number of aliphatic hydroxyl groups is 1. The van der Waals surface area contributed by atoms with Crippen LogP contribution in [0.1, 0.15) is 28.5 Å². The van der Waals surface area contributed by atoms with Crippen LogP contribution in [0.5, 0.6) is 0 Å². The second kappa shape index (κ2) is 7.59. The number of benzene rings is 2. The van der Waals surface area contributed by atoms with Gasteiger partial charge in [-0.05, 0) is 48.4 Å². The zero-order chi connectivity index (χ0) is 21.4. The van der Waals surface area contributed by atoms with Crippen LogP contribution in [-0.2, 0) is 16.1 Å². The standard InChI is InChI=1S/C23H17F2NO4/c1-13-4-5-15(11-18(13)25)21(27)19-20(14-6-8-16(24)9-7-14)26(23(29)22(19)28)12-17-3-2-10-30-17/h2-11,20,27H,12H2,1H3/b21-19-. The van der Waals surface area contributed by atoms with Crippen LogP contribution in [0.4, 0.5) is 8.78 Å². The Morgan fingerprint density at radius 3 is 2.47 bits per heavy atom. The molecular weight excluding hydrogens is 392 g/mol. The van der Waals surface area contributed by atoms with Gasteiger partial charge in [-0.25, -0.2) is 8.78 Å². The van der Waals surface area contributed by atoms with E-state index in [1.54, 1.807) is 19.1 Å². The van der Waals surface area contributed by atoms with Gasteiger partial charge in [0, 0.05) is 5.56 Å². The molecule has 1 aliphatic rings. The number of amides is 1. The highest BCUT2D eigenvalue weighted by Gasteiger charge is 2.46. The molecule has 2 aromatic carbocycles. The fraction of sp³-hybridized carbons (Fsp3) is 0.130. The highest BCUT2D eigenvalue weighted by Crippen LogP contribution is 2.40. The van der Waals surface area contributed by atoms with E-state index in [4.69, 9.17) is 4.42 Å². The minimum atomic E-state index is -0.986. The fourth-order valence-electron chi connectivity index (χ4n) is 3.50. The van der Waals surface area contributed by atoms with Crippen LogP contribution in [-0.4, -0.2) is 21.7 Å². The van der Waals surface area contributed by atoms with Gasteiger partial charge < -0.3 is 14.4 Å². The number of aryl methyl sites for hydroxylation is 1. The predicted octanol–water partition coefficient (Wildman–Crippen LogP) is 4.49. The van der Waals surface area contributed by atoms with Crippen molar-refractivity contribution in [2.24, 2.45) is 0 Å². The van der Waals surface area contributed by atoms with Crippen LogP contribution >= 0.6 is 0 Å². The van der Waals surface area contributed by atoms with Gasteiger partial charge in [0.2, 0.25) is 0 Å². The number of aliphatic hydroxyl groups excluding tert-OH is 1. The molecule has 0 bridgehead atoms. The number of nitrogens with zero attached hydrogens (tertiary/aromatic N) is 1. The molecule has 0 radical (unpaired) electrons. The minimum Gasteiger partial charge on any atom is -0.507 e. The van der Waals surface area contributed by atoms with Crippen LogP contribution in [0.3, 0.4) is 0 Å². The van der Waals surface area contributed by atoms with Gasteiger partial charge in [-0.3, -0.25) is 9.59 Å². The molecule has 1 N–H and O–H groups in total. The summed E-state index contributed by atoms with van der Waals surface area (Å²) < 4.78 is 32.8. The highest BCUT2D eigenvalue weighted by molar-refractivity contribution is 6.46. The monoisotopic (exact) mass is 409 g/mol. The number of furan rings is 1. The molecule has 1 fully saturated rings. The smallest absolute Gasteiger partial charge is 0.296 e. The lowest BCUT2D eigenvalue weighted by Gasteiger charge is -2.24. The van der Waals surface area contributed by atoms with Crippen LogP contribution < -0.4 is 0 Å². The van der Waals surface area contributed by atoms with Crippen molar-refractivity contribution in [2.45, 2.75) is 19.5 Å². The van der Waals surface area contributed by atoms with Gasteiger partial charge in [-0.2, -0.15) is 0 Å². The third kappa shape index (κ3) is 3.39. The molecule has 1 amide bonds. The van der Waals surface area contributed by atoms with Crippen molar-refractivity contribution in [3.8, 4) is 0 Å². The van der Waals surface area contributed by atoms with Crippen molar-refractivity contribution in [1.29, 1.82) is 0 Å². The molecule has 4 rings (SSSR count). The Hall–Kier alpha value is -3.74. The Morgan fingerprint density at radius 1 is 1.10 bits per heavy atom. The maximum atomic E-state index is 14.0. The van der Waals surface area contributed by atoms with Crippen molar-refractivity contribution in [3.05, 3.63) is 101 Å². The van der Waals surface area contributed by atoms with E-state index in [1.165, 1.54) is 47.6 Å². The normalized spacial score (nSPS) is 18.2. The maximum absolute atomic E-state index is 14.0. The number of carbonyl (C=O) groups excluding carboxylic acids is 2. The highest BCUT2D eigenvalue weighted by atomic mass is 19.1. The van der Waals surface area contributed by atoms with E-state index in [0.29, 0.717) is 16.9 Å². The molecule has 2 heterocycles. The molecule has 3 aromatic rings. The molecule has 0 saturated carbocycles. The molecule has 1 unspecified atom stereocenters. The first kappa shape index (κ1) is 19.6. The first-order chi connectivity index (χ1) is 14.4. The van der Waals surface area contributed by atoms with E-state index in [2.05, 4.69) is 0 Å². The Kier molecular flexibility index (Phi) is 4.95. The Bertz CT molecular complexity index is 1150. The summed E-state index contributed by atoms with van der Waals surface area (Å²) in [5, 5.41) is 10.9. The first-order valence-corrected chi connectivity index (χ1v) is 9.19. The molecule has 0 spiro atoms. The molecule has 1 aliphatic heterocycles. The summed E-state index contributed by atoms with van der Waals surface area (Å²) in [6, 6.07) is 11.6. The van der Waals surface area contributed by atoms with Gasteiger partial charge >= 0.3 is 0 Å². The predicted molar refractivity (Wildman–Crippen MR) is 104 cm³/mol. The summed E-state index contributed by atoms with van der Waals surface area (Å²) in [5.41, 5.74) is 0.679. The average Bonchev–Trinajstić information content (AvgIpc) is 3.33. The van der Waals surface area contributed by atoms with Gasteiger partial charge in [0.05, 0.1) is 24.4 Å². The van der Waals surface area contributed by atoms with Crippen LogP contribution in [0.15, 0.2) is 70.9 Å². The topological polar surface area (TPSA) is 70.8 Å². The molecular formula is C23H17F2NO4. The number of halogens is 2. The Balaban J connectivity index is 1.87. The molecule has 5 nitrogen and oxygen atoms in total. The number of ketones is 1. The van der Waals surface area contributed by atoms with Crippen molar-refractivity contribution in [2.75, 3.05) is 0 Å². The number of hydrogen-bond acceptors (Lipinski definition) is 4. The van der Waals surface area contributed by atoms with Crippen molar-refractivity contribution >= 4 is 17.4 Å². The number of rotatable bonds is 4. The van der Waals surface area contributed by atoms with Crippen LogP contribution in [0, 0.1) is 18.6 Å². The Morgan fingerprint density at radius 2 is 1.83 bits per heavy atom. The molecule has 1 saturated heterocycles. The third-order valence-electron chi connectivity index (χ3n) is 5.08. The average molecular weight is 409 g/mol. The van der Waals surface area contributed by atoms with Crippen LogP contribution in [0.2, 0.25) is 0 Å². The second-order valence-electron chi connectivity index (χ2n) is 7.02. The lowest BCUT2D eigenvalue weighted by Crippen LogP contribution is -2.29. The van der Waals surface area contributed by atoms with Gasteiger partial charge in [-0.15, -0.1) is 0 Å². The molecule has 30 heavy (non-hydrogen) atoms. The zero-order valence-corrected chi connectivity index (χ0v) is 15.9. The van der Waals surface area contributed by atoms with Crippen molar-refractivity contribution in [3.63, 3.8) is 0 Å².